The number of ether oxygens (including phenoxy) is 1. The zero-order valence-electron chi connectivity index (χ0n) is 23.0. The molecule has 224 valence electrons. The van der Waals surface area contributed by atoms with Crippen molar-refractivity contribution in [2.24, 2.45) is 0 Å². The van der Waals surface area contributed by atoms with E-state index in [1.807, 2.05) is 0 Å². The Labute approximate surface area is 245 Å². The summed E-state index contributed by atoms with van der Waals surface area (Å²) < 4.78 is 72.7. The zero-order valence-corrected chi connectivity index (χ0v) is 23.8. The lowest BCUT2D eigenvalue weighted by Gasteiger charge is -2.35. The maximum atomic E-state index is 13.3. The Bertz CT molecular complexity index is 1770. The van der Waals surface area contributed by atoms with E-state index in [-0.39, 0.29) is 66.3 Å². The molecule has 3 aromatic carbocycles. The molecule has 1 N–H and O–H groups in total. The summed E-state index contributed by atoms with van der Waals surface area (Å²) in [6.07, 6.45) is -2.98. The number of sulfonamides is 1. The quantitative estimate of drug-likeness (QED) is 0.327. The molecule has 9 nitrogen and oxygen atoms in total. The van der Waals surface area contributed by atoms with E-state index in [4.69, 9.17) is 4.74 Å². The number of nitrogens with one attached hydrogen (secondary N) is 1. The second-order valence-corrected chi connectivity index (χ2v) is 11.5. The summed E-state index contributed by atoms with van der Waals surface area (Å²) >= 11 is 0. The third kappa shape index (κ3) is 6.56. The highest BCUT2D eigenvalue weighted by molar-refractivity contribution is 7.93. The van der Waals surface area contributed by atoms with Gasteiger partial charge in [0.2, 0.25) is 5.91 Å². The fourth-order valence-corrected chi connectivity index (χ4v) is 6.09. The zero-order chi connectivity index (χ0) is 30.8. The van der Waals surface area contributed by atoms with Crippen LogP contribution in [0.15, 0.2) is 83.9 Å². The largest absolute Gasteiger partial charge is 0.496 e. The van der Waals surface area contributed by atoms with E-state index in [0.29, 0.717) is 16.5 Å². The number of amides is 2. The van der Waals surface area contributed by atoms with E-state index < -0.39 is 21.8 Å². The second kappa shape index (κ2) is 11.9. The van der Waals surface area contributed by atoms with E-state index in [0.717, 1.165) is 12.1 Å². The molecule has 0 aliphatic carbocycles. The number of nitrogens with zero attached hydrogens (tertiary/aromatic N) is 3. The summed E-state index contributed by atoms with van der Waals surface area (Å²) in [6.45, 7) is 0.987. The fourth-order valence-electron chi connectivity index (χ4n) is 4.86. The standard InChI is InChI=1S/C30H27F3N4O5S/c1-42-25-19-23(35-43(40,41)26-6-2-4-21-5-3-13-34-28(21)26)11-12-24(25)29(39)37-16-14-36(15-17-37)27(38)18-20-7-9-22(10-8-20)30(31,32)33/h2-13,19,35H,14-18H2,1H3. The summed E-state index contributed by atoms with van der Waals surface area (Å²) in [5, 5.41) is 0.672. The van der Waals surface area contributed by atoms with E-state index in [1.165, 1.54) is 49.7 Å². The van der Waals surface area contributed by atoms with Gasteiger partial charge < -0.3 is 14.5 Å². The fraction of sp³-hybridized carbons (Fsp3) is 0.233. The maximum Gasteiger partial charge on any atom is 0.416 e. The number of halogens is 3. The number of rotatable bonds is 7. The number of methoxy groups -OCH3 is 1. The number of hydrogen-bond donors (Lipinski definition) is 1. The first-order chi connectivity index (χ1) is 20.5. The summed E-state index contributed by atoms with van der Waals surface area (Å²) in [7, 11) is -2.64. The molecule has 1 fully saturated rings. The molecular formula is C30H27F3N4O5S. The molecule has 1 saturated heterocycles. The Balaban J connectivity index is 1.23. The lowest BCUT2D eigenvalue weighted by atomic mass is 10.1. The average molecular weight is 613 g/mol. The van der Waals surface area contributed by atoms with Gasteiger partial charge in [0.1, 0.15) is 10.6 Å². The van der Waals surface area contributed by atoms with Crippen LogP contribution in [0, 0.1) is 0 Å². The number of carbonyl (C=O) groups is 2. The van der Waals surface area contributed by atoms with Gasteiger partial charge in [-0.15, -0.1) is 0 Å². The first-order valence-electron chi connectivity index (χ1n) is 13.2. The predicted octanol–water partition coefficient (Wildman–Crippen LogP) is 4.59. The van der Waals surface area contributed by atoms with Crippen LogP contribution in [0.4, 0.5) is 18.9 Å². The van der Waals surface area contributed by atoms with Crippen LogP contribution in [0.3, 0.4) is 0 Å². The number of para-hydroxylation sites is 1. The minimum Gasteiger partial charge on any atom is -0.496 e. The van der Waals surface area contributed by atoms with Crippen LogP contribution in [0.2, 0.25) is 0 Å². The van der Waals surface area contributed by atoms with Crippen molar-refractivity contribution in [2.45, 2.75) is 17.5 Å². The van der Waals surface area contributed by atoms with Gasteiger partial charge in [0.05, 0.1) is 35.9 Å². The van der Waals surface area contributed by atoms with Gasteiger partial charge in [-0.25, -0.2) is 8.42 Å². The van der Waals surface area contributed by atoms with Gasteiger partial charge >= 0.3 is 6.18 Å². The third-order valence-electron chi connectivity index (χ3n) is 7.13. The Morgan fingerprint density at radius 3 is 2.28 bits per heavy atom. The van der Waals surface area contributed by atoms with Crippen molar-refractivity contribution in [1.82, 2.24) is 14.8 Å². The lowest BCUT2D eigenvalue weighted by Crippen LogP contribution is -2.51. The molecule has 43 heavy (non-hydrogen) atoms. The molecule has 0 radical (unpaired) electrons. The highest BCUT2D eigenvalue weighted by Crippen LogP contribution is 2.30. The summed E-state index contributed by atoms with van der Waals surface area (Å²) in [4.78, 5) is 33.4. The molecule has 0 unspecified atom stereocenters. The summed E-state index contributed by atoms with van der Waals surface area (Å²) in [6, 6.07) is 17.2. The van der Waals surface area contributed by atoms with Crippen molar-refractivity contribution in [1.29, 1.82) is 0 Å². The SMILES string of the molecule is COc1cc(NS(=O)(=O)c2cccc3cccnc23)ccc1C(=O)N1CCN(C(=O)Cc2ccc(C(F)(F)F)cc2)CC1. The Hall–Kier alpha value is -4.65. The maximum absolute atomic E-state index is 13.3. The molecule has 13 heteroatoms. The van der Waals surface area contributed by atoms with Gasteiger partial charge in [0.25, 0.3) is 15.9 Å². The van der Waals surface area contributed by atoms with Gasteiger partial charge in [-0.1, -0.05) is 30.3 Å². The van der Waals surface area contributed by atoms with Crippen molar-refractivity contribution in [3.05, 3.63) is 95.7 Å². The number of aromatic nitrogens is 1. The number of hydrogen-bond acceptors (Lipinski definition) is 6. The number of carbonyl (C=O) groups excluding carboxylic acids is 2. The molecule has 0 bridgehead atoms. The van der Waals surface area contributed by atoms with Gasteiger partial charge in [-0.05, 0) is 42.0 Å². The van der Waals surface area contributed by atoms with Crippen molar-refractivity contribution in [2.75, 3.05) is 38.0 Å². The van der Waals surface area contributed by atoms with E-state index in [1.54, 1.807) is 34.1 Å². The number of piperazine rings is 1. The number of anilines is 1. The van der Waals surface area contributed by atoms with Crippen molar-refractivity contribution in [3.63, 3.8) is 0 Å². The Morgan fingerprint density at radius 1 is 0.930 bits per heavy atom. The van der Waals surface area contributed by atoms with Crippen molar-refractivity contribution >= 4 is 38.4 Å². The number of alkyl halides is 3. The Morgan fingerprint density at radius 2 is 1.60 bits per heavy atom. The molecule has 0 atom stereocenters. The molecular weight excluding hydrogens is 585 g/mol. The Kier molecular flexibility index (Phi) is 8.27. The smallest absolute Gasteiger partial charge is 0.416 e. The van der Waals surface area contributed by atoms with Crippen LogP contribution in [0.25, 0.3) is 10.9 Å². The van der Waals surface area contributed by atoms with Crippen LogP contribution >= 0.6 is 0 Å². The highest BCUT2D eigenvalue weighted by atomic mass is 32.2. The molecule has 5 rings (SSSR count). The molecule has 2 heterocycles. The highest BCUT2D eigenvalue weighted by Gasteiger charge is 2.31. The van der Waals surface area contributed by atoms with Gasteiger partial charge in [-0.3, -0.25) is 19.3 Å². The number of fused-ring (bicyclic) bond motifs is 1. The van der Waals surface area contributed by atoms with Gasteiger partial charge in [0.15, 0.2) is 0 Å². The van der Waals surface area contributed by atoms with Crippen LogP contribution < -0.4 is 9.46 Å². The topological polar surface area (TPSA) is 109 Å². The van der Waals surface area contributed by atoms with Gasteiger partial charge in [-0.2, -0.15) is 13.2 Å². The van der Waals surface area contributed by atoms with Crippen molar-refractivity contribution < 1.29 is 35.9 Å². The van der Waals surface area contributed by atoms with E-state index in [9.17, 15) is 31.2 Å². The van der Waals surface area contributed by atoms with Gasteiger partial charge in [0, 0.05) is 43.8 Å². The monoisotopic (exact) mass is 612 g/mol. The minimum atomic E-state index is -4.45. The molecule has 2 amide bonds. The lowest BCUT2D eigenvalue weighted by molar-refractivity contribution is -0.137. The minimum absolute atomic E-state index is 0.00968. The first kappa shape index (κ1) is 29.8. The molecule has 0 saturated carbocycles. The number of pyridine rings is 1. The van der Waals surface area contributed by atoms with Crippen LogP contribution in [0.1, 0.15) is 21.5 Å². The molecule has 4 aromatic rings. The molecule has 1 aliphatic rings. The summed E-state index contributed by atoms with van der Waals surface area (Å²) in [5.41, 5.74) is 0.433. The average Bonchev–Trinajstić information content (AvgIpc) is 3.00. The van der Waals surface area contributed by atoms with E-state index in [2.05, 4.69) is 9.71 Å². The van der Waals surface area contributed by atoms with Crippen LogP contribution in [0.5, 0.6) is 5.75 Å². The molecule has 1 aliphatic heterocycles. The molecule has 0 spiro atoms. The van der Waals surface area contributed by atoms with Crippen molar-refractivity contribution in [3.8, 4) is 5.75 Å². The second-order valence-electron chi connectivity index (χ2n) is 9.90. The van der Waals surface area contributed by atoms with E-state index >= 15 is 0 Å². The predicted molar refractivity (Wildman–Crippen MR) is 153 cm³/mol. The summed E-state index contributed by atoms with van der Waals surface area (Å²) in [5.74, 6) is -0.427. The third-order valence-corrected chi connectivity index (χ3v) is 8.54. The van der Waals surface area contributed by atoms with Crippen LogP contribution in [-0.4, -0.2) is 68.3 Å². The normalized spacial score (nSPS) is 14.0. The first-order valence-corrected chi connectivity index (χ1v) is 14.7. The number of benzene rings is 3. The van der Waals surface area contributed by atoms with Crippen LogP contribution in [-0.2, 0) is 27.4 Å². The molecule has 1 aromatic heterocycles.